The summed E-state index contributed by atoms with van der Waals surface area (Å²) in [5.74, 6) is -4.30. The van der Waals surface area contributed by atoms with Crippen molar-refractivity contribution >= 4 is 41.5 Å². The number of nitrogens with two attached hydrogens (primary N) is 1. The van der Waals surface area contributed by atoms with Crippen molar-refractivity contribution in [2.45, 2.75) is 89.9 Å². The Hall–Kier alpha value is -4.69. The van der Waals surface area contributed by atoms with Gasteiger partial charge in [-0.25, -0.2) is 9.59 Å². The third-order valence-corrected chi connectivity index (χ3v) is 7.21. The zero-order valence-electron chi connectivity index (χ0n) is 26.7. The molecule has 1 fully saturated rings. The predicted octanol–water partition coefficient (Wildman–Crippen LogP) is 0.723. The van der Waals surface area contributed by atoms with Gasteiger partial charge in [0.15, 0.2) is 0 Å². The number of methoxy groups -OCH3 is 1. The average molecular weight is 648 g/mol. The summed E-state index contributed by atoms with van der Waals surface area (Å²) in [6.07, 6.45) is 6.17. The van der Waals surface area contributed by atoms with Crippen LogP contribution in [0.5, 0.6) is 0 Å². The molecule has 0 spiro atoms. The Morgan fingerprint density at radius 2 is 1.80 bits per heavy atom. The van der Waals surface area contributed by atoms with Gasteiger partial charge in [0.1, 0.15) is 30.4 Å². The van der Waals surface area contributed by atoms with E-state index in [0.717, 1.165) is 0 Å². The van der Waals surface area contributed by atoms with Gasteiger partial charge in [0.25, 0.3) is 5.91 Å². The molecule has 4 atom stereocenters. The molecule has 5 amide bonds. The van der Waals surface area contributed by atoms with Gasteiger partial charge in [0.05, 0.1) is 25.5 Å². The van der Waals surface area contributed by atoms with E-state index < -0.39 is 65.6 Å². The number of carbonyl (C=O) groups excluding carboxylic acids is 7. The Labute approximate surface area is 267 Å². The van der Waals surface area contributed by atoms with Gasteiger partial charge >= 0.3 is 11.9 Å². The lowest BCUT2D eigenvalue weighted by atomic mass is 10.0. The number of amides is 5. The van der Waals surface area contributed by atoms with E-state index in [9.17, 15) is 33.6 Å². The lowest BCUT2D eigenvalue weighted by Gasteiger charge is -2.30. The zero-order valence-corrected chi connectivity index (χ0v) is 26.7. The van der Waals surface area contributed by atoms with Crippen LogP contribution in [0.1, 0.15) is 76.1 Å². The molecule has 2 unspecified atom stereocenters. The summed E-state index contributed by atoms with van der Waals surface area (Å²) in [5.41, 5.74) is 5.51. The molecular formula is C31H45N5O10. The third-order valence-electron chi connectivity index (χ3n) is 7.21. The van der Waals surface area contributed by atoms with Crippen molar-refractivity contribution in [3.8, 4) is 0 Å². The van der Waals surface area contributed by atoms with Gasteiger partial charge in [-0.1, -0.05) is 19.9 Å². The van der Waals surface area contributed by atoms with E-state index >= 15 is 0 Å². The third kappa shape index (κ3) is 12.0. The fourth-order valence-electron chi connectivity index (χ4n) is 4.95. The SMILES string of the molecule is CCOC(=O)/C=C\CC[C@H](NC(=O)c1ccoc1)C(=O)NC(CCC(N)=O)C(=O)N1CCC[C@H]1C(=O)NC(CC(C)C)C(=O)OC. The van der Waals surface area contributed by atoms with E-state index in [1.54, 1.807) is 6.92 Å². The molecule has 0 radical (unpaired) electrons. The van der Waals surface area contributed by atoms with Gasteiger partial charge in [-0.2, -0.15) is 0 Å². The molecule has 0 aromatic carbocycles. The fraction of sp³-hybridized carbons (Fsp3) is 0.581. The minimum absolute atomic E-state index is 0.0432. The van der Waals surface area contributed by atoms with E-state index in [2.05, 4.69) is 16.0 Å². The Morgan fingerprint density at radius 1 is 1.07 bits per heavy atom. The molecule has 15 heteroatoms. The highest BCUT2D eigenvalue weighted by molar-refractivity contribution is 5.99. The second-order valence-electron chi connectivity index (χ2n) is 11.2. The Balaban J connectivity index is 2.25. The van der Waals surface area contributed by atoms with Crippen LogP contribution in [0, 0.1) is 5.92 Å². The summed E-state index contributed by atoms with van der Waals surface area (Å²) in [4.78, 5) is 90.3. The molecule has 2 rings (SSSR count). The molecule has 2 heterocycles. The molecule has 46 heavy (non-hydrogen) atoms. The van der Waals surface area contributed by atoms with Gasteiger partial charge < -0.3 is 40.5 Å². The van der Waals surface area contributed by atoms with Gasteiger partial charge in [-0.15, -0.1) is 0 Å². The summed E-state index contributed by atoms with van der Waals surface area (Å²) in [6.45, 7) is 5.84. The number of carbonyl (C=O) groups is 7. The molecular weight excluding hydrogens is 602 g/mol. The number of primary amides is 1. The van der Waals surface area contributed by atoms with E-state index in [4.69, 9.17) is 19.6 Å². The van der Waals surface area contributed by atoms with Crippen molar-refractivity contribution in [1.29, 1.82) is 0 Å². The fourth-order valence-corrected chi connectivity index (χ4v) is 4.95. The standard InChI is InChI=1S/C31H45N5O10/c1-5-46-26(38)11-7-6-9-21(33-27(39)20-14-16-45-18-20)28(40)34-22(12-13-25(32)37)30(42)36-15-8-10-24(36)29(41)35-23(17-19(2)3)31(43)44-4/h7,11,14,16,18-19,21-24H,5-6,8-10,12-13,15,17H2,1-4H3,(H2,32,37)(H,33,39)(H,34,40)(H,35,41)/b11-7-/t21-,22?,23?,24-/m0/s1. The molecule has 0 bridgehead atoms. The number of likely N-dealkylation sites (tertiary alicyclic amines) is 1. The number of furan rings is 1. The molecule has 15 nitrogen and oxygen atoms in total. The number of rotatable bonds is 18. The van der Waals surface area contributed by atoms with Crippen LogP contribution in [-0.2, 0) is 38.2 Å². The van der Waals surface area contributed by atoms with Crippen molar-refractivity contribution in [3.63, 3.8) is 0 Å². The molecule has 0 aliphatic carbocycles. The van der Waals surface area contributed by atoms with Gasteiger partial charge in [-0.3, -0.25) is 24.0 Å². The van der Waals surface area contributed by atoms with E-state index in [1.165, 1.54) is 42.8 Å². The summed E-state index contributed by atoms with van der Waals surface area (Å²) >= 11 is 0. The second kappa shape index (κ2) is 19.0. The van der Waals surface area contributed by atoms with Crippen molar-refractivity contribution < 1.29 is 47.5 Å². The van der Waals surface area contributed by atoms with E-state index in [-0.39, 0.29) is 50.3 Å². The minimum Gasteiger partial charge on any atom is -0.472 e. The lowest BCUT2D eigenvalue weighted by molar-refractivity contribution is -0.147. The molecule has 5 N–H and O–H groups in total. The highest BCUT2D eigenvalue weighted by atomic mass is 16.5. The molecule has 0 saturated carbocycles. The topological polar surface area (TPSA) is 216 Å². The van der Waals surface area contributed by atoms with Crippen LogP contribution in [-0.4, -0.2) is 90.8 Å². The number of esters is 2. The Bertz CT molecular complexity index is 1250. The Morgan fingerprint density at radius 3 is 2.41 bits per heavy atom. The van der Waals surface area contributed by atoms with Crippen LogP contribution in [0.2, 0.25) is 0 Å². The van der Waals surface area contributed by atoms with Crippen LogP contribution < -0.4 is 21.7 Å². The largest absolute Gasteiger partial charge is 0.472 e. The minimum atomic E-state index is -1.26. The van der Waals surface area contributed by atoms with Crippen molar-refractivity contribution in [3.05, 3.63) is 36.3 Å². The maximum Gasteiger partial charge on any atom is 0.330 e. The normalized spacial score (nSPS) is 16.4. The monoisotopic (exact) mass is 647 g/mol. The van der Waals surface area contributed by atoms with E-state index in [1.807, 2.05) is 13.8 Å². The molecule has 1 aliphatic heterocycles. The first-order valence-electron chi connectivity index (χ1n) is 15.3. The molecule has 1 saturated heterocycles. The molecule has 1 aliphatic rings. The summed E-state index contributed by atoms with van der Waals surface area (Å²) in [6, 6.07) is -2.84. The molecule has 1 aromatic rings. The number of nitrogens with zero attached hydrogens (tertiary/aromatic N) is 1. The highest BCUT2D eigenvalue weighted by Gasteiger charge is 2.39. The first-order valence-corrected chi connectivity index (χ1v) is 15.3. The first kappa shape index (κ1) is 37.5. The smallest absolute Gasteiger partial charge is 0.330 e. The number of ether oxygens (including phenoxy) is 2. The van der Waals surface area contributed by atoms with Gasteiger partial charge in [-0.05, 0) is 57.4 Å². The van der Waals surface area contributed by atoms with Crippen LogP contribution in [0.25, 0.3) is 0 Å². The maximum atomic E-state index is 13.8. The van der Waals surface area contributed by atoms with Crippen molar-refractivity contribution in [2.24, 2.45) is 11.7 Å². The predicted molar refractivity (Wildman–Crippen MR) is 163 cm³/mol. The van der Waals surface area contributed by atoms with Gasteiger partial charge in [0.2, 0.25) is 23.6 Å². The van der Waals surface area contributed by atoms with Crippen LogP contribution in [0.3, 0.4) is 0 Å². The average Bonchev–Trinajstić information content (AvgIpc) is 3.72. The lowest BCUT2D eigenvalue weighted by Crippen LogP contribution is -2.57. The second-order valence-corrected chi connectivity index (χ2v) is 11.2. The molecule has 254 valence electrons. The zero-order chi connectivity index (χ0) is 34.2. The van der Waals surface area contributed by atoms with E-state index in [0.29, 0.717) is 19.3 Å². The Kier molecular flexibility index (Phi) is 15.5. The highest BCUT2D eigenvalue weighted by Crippen LogP contribution is 2.21. The maximum absolute atomic E-state index is 13.8. The number of nitrogens with one attached hydrogen (secondary N) is 3. The van der Waals surface area contributed by atoms with Crippen LogP contribution in [0.4, 0.5) is 0 Å². The summed E-state index contributed by atoms with van der Waals surface area (Å²) in [7, 11) is 1.22. The summed E-state index contributed by atoms with van der Waals surface area (Å²) in [5, 5.41) is 7.92. The van der Waals surface area contributed by atoms with Crippen molar-refractivity contribution in [1.82, 2.24) is 20.9 Å². The quantitative estimate of drug-likeness (QED) is 0.129. The van der Waals surface area contributed by atoms with Crippen LogP contribution in [0.15, 0.2) is 35.2 Å². The van der Waals surface area contributed by atoms with Crippen LogP contribution >= 0.6 is 0 Å². The number of allylic oxidation sites excluding steroid dienone is 1. The number of hydrogen-bond donors (Lipinski definition) is 4. The first-order chi connectivity index (χ1) is 21.9. The summed E-state index contributed by atoms with van der Waals surface area (Å²) < 4.78 is 14.6. The number of hydrogen-bond acceptors (Lipinski definition) is 10. The van der Waals surface area contributed by atoms with Gasteiger partial charge in [0, 0.05) is 19.0 Å². The van der Waals surface area contributed by atoms with Crippen molar-refractivity contribution in [2.75, 3.05) is 20.3 Å². The molecule has 1 aromatic heterocycles.